The van der Waals surface area contributed by atoms with Gasteiger partial charge >= 0.3 is 0 Å². The Bertz CT molecular complexity index is 567. The lowest BCUT2D eigenvalue weighted by molar-refractivity contribution is 0.204. The summed E-state index contributed by atoms with van der Waals surface area (Å²) in [6.45, 7) is 3.37. The lowest BCUT2D eigenvalue weighted by Crippen LogP contribution is -2.08. The van der Waals surface area contributed by atoms with E-state index >= 15 is 0 Å². The third-order valence-electron chi connectivity index (χ3n) is 2.81. The first-order valence-electron chi connectivity index (χ1n) is 5.56. The van der Waals surface area contributed by atoms with Crippen LogP contribution in [0.5, 0.6) is 0 Å². The molecule has 94 valence electrons. The molecule has 1 atom stereocenters. The van der Waals surface area contributed by atoms with E-state index in [1.54, 1.807) is 18.3 Å². The fourth-order valence-electron chi connectivity index (χ4n) is 1.72. The van der Waals surface area contributed by atoms with Crippen molar-refractivity contribution in [2.45, 2.75) is 20.0 Å². The van der Waals surface area contributed by atoms with Crippen LogP contribution in [-0.4, -0.2) is 10.1 Å². The zero-order valence-electron chi connectivity index (χ0n) is 10.1. The second-order valence-corrected chi connectivity index (χ2v) is 4.25. The number of pyridine rings is 1. The smallest absolute Gasteiger partial charge is 0.135 e. The minimum absolute atomic E-state index is 0.226. The van der Waals surface area contributed by atoms with Crippen LogP contribution in [0, 0.1) is 25.5 Å². The maximum absolute atomic E-state index is 13.9. The van der Waals surface area contributed by atoms with Crippen LogP contribution in [0.4, 0.5) is 8.78 Å². The van der Waals surface area contributed by atoms with E-state index in [0.717, 1.165) is 11.6 Å². The van der Waals surface area contributed by atoms with Crippen LogP contribution < -0.4 is 0 Å². The van der Waals surface area contributed by atoms with Gasteiger partial charge in [-0.2, -0.15) is 0 Å². The van der Waals surface area contributed by atoms with Crippen molar-refractivity contribution in [3.63, 3.8) is 0 Å². The second-order valence-electron chi connectivity index (χ2n) is 4.25. The molecule has 2 aromatic rings. The average molecular weight is 249 g/mol. The highest BCUT2D eigenvalue weighted by Gasteiger charge is 2.21. The molecule has 0 fully saturated rings. The predicted molar refractivity (Wildman–Crippen MR) is 64.1 cm³/mol. The number of hydrogen-bond donors (Lipinski definition) is 1. The monoisotopic (exact) mass is 249 g/mol. The van der Waals surface area contributed by atoms with Crippen LogP contribution >= 0.6 is 0 Å². The van der Waals surface area contributed by atoms with Crippen molar-refractivity contribution in [3.05, 3.63) is 64.5 Å². The van der Waals surface area contributed by atoms with Gasteiger partial charge in [0.05, 0.1) is 11.3 Å². The topological polar surface area (TPSA) is 33.1 Å². The maximum Gasteiger partial charge on any atom is 0.135 e. The van der Waals surface area contributed by atoms with E-state index in [4.69, 9.17) is 0 Å². The summed E-state index contributed by atoms with van der Waals surface area (Å²) in [5.74, 6) is -1.50. The summed E-state index contributed by atoms with van der Waals surface area (Å²) in [6.07, 6.45) is 0.148. The third-order valence-corrected chi connectivity index (χ3v) is 2.81. The van der Waals surface area contributed by atoms with E-state index in [0.29, 0.717) is 0 Å². The molecule has 2 rings (SSSR count). The Kier molecular flexibility index (Phi) is 3.39. The highest BCUT2D eigenvalue weighted by Crippen LogP contribution is 2.27. The summed E-state index contributed by atoms with van der Waals surface area (Å²) in [6, 6.07) is 5.77. The van der Waals surface area contributed by atoms with Crippen LogP contribution in [0.2, 0.25) is 0 Å². The van der Waals surface area contributed by atoms with E-state index in [9.17, 15) is 13.9 Å². The number of aromatic nitrogens is 1. The van der Waals surface area contributed by atoms with Gasteiger partial charge in [-0.15, -0.1) is 0 Å². The van der Waals surface area contributed by atoms with Gasteiger partial charge in [0.25, 0.3) is 0 Å². The number of halogens is 2. The zero-order valence-corrected chi connectivity index (χ0v) is 10.1. The molecule has 0 aliphatic heterocycles. The van der Waals surface area contributed by atoms with Gasteiger partial charge in [0.1, 0.15) is 17.7 Å². The number of aliphatic hydroxyl groups excluding tert-OH is 1. The molecule has 0 amide bonds. The van der Waals surface area contributed by atoms with Crippen molar-refractivity contribution in [3.8, 4) is 0 Å². The number of nitrogens with zero attached hydrogens (tertiary/aromatic N) is 1. The predicted octanol–water partition coefficient (Wildman–Crippen LogP) is 3.06. The third kappa shape index (κ3) is 2.24. The van der Waals surface area contributed by atoms with Crippen molar-refractivity contribution < 1.29 is 13.9 Å². The molecule has 4 heteroatoms. The summed E-state index contributed by atoms with van der Waals surface area (Å²) in [5, 5.41) is 10.0. The molecular formula is C14H13F2NO. The van der Waals surface area contributed by atoms with Crippen molar-refractivity contribution >= 4 is 0 Å². The van der Waals surface area contributed by atoms with Crippen LogP contribution in [-0.2, 0) is 0 Å². The van der Waals surface area contributed by atoms with E-state index in [1.165, 1.54) is 13.0 Å². The Hall–Kier alpha value is -1.81. The molecule has 0 saturated carbocycles. The Labute approximate surface area is 104 Å². The van der Waals surface area contributed by atoms with E-state index in [-0.39, 0.29) is 16.8 Å². The van der Waals surface area contributed by atoms with Gasteiger partial charge in [-0.25, -0.2) is 8.78 Å². The molecule has 1 heterocycles. The normalized spacial score (nSPS) is 12.5. The molecule has 0 aliphatic rings. The Morgan fingerprint density at radius 3 is 2.44 bits per heavy atom. The van der Waals surface area contributed by atoms with Crippen LogP contribution in [0.1, 0.15) is 28.5 Å². The minimum atomic E-state index is -1.40. The van der Waals surface area contributed by atoms with E-state index in [1.807, 2.05) is 6.92 Å². The largest absolute Gasteiger partial charge is 0.382 e. The van der Waals surface area contributed by atoms with Gasteiger partial charge in [-0.3, -0.25) is 4.98 Å². The van der Waals surface area contributed by atoms with Crippen molar-refractivity contribution in [1.82, 2.24) is 4.98 Å². The number of aryl methyl sites for hydroxylation is 2. The Morgan fingerprint density at radius 1 is 1.11 bits per heavy atom. The molecule has 1 aromatic carbocycles. The van der Waals surface area contributed by atoms with Gasteiger partial charge in [-0.05, 0) is 37.1 Å². The highest BCUT2D eigenvalue weighted by molar-refractivity contribution is 5.33. The number of rotatable bonds is 2. The van der Waals surface area contributed by atoms with Crippen molar-refractivity contribution in [1.29, 1.82) is 0 Å². The second kappa shape index (κ2) is 4.82. The molecule has 1 aromatic heterocycles. The lowest BCUT2D eigenvalue weighted by Gasteiger charge is -2.13. The Balaban J connectivity index is 2.49. The SMILES string of the molecule is Cc1ccc(C(O)c2c(F)ccc(C)c2F)nc1. The molecular weight excluding hydrogens is 236 g/mol. The summed E-state index contributed by atoms with van der Waals surface area (Å²) in [7, 11) is 0. The molecule has 0 bridgehead atoms. The quantitative estimate of drug-likeness (QED) is 0.887. The van der Waals surface area contributed by atoms with Gasteiger partial charge < -0.3 is 5.11 Å². The Morgan fingerprint density at radius 2 is 1.83 bits per heavy atom. The molecule has 0 radical (unpaired) electrons. The lowest BCUT2D eigenvalue weighted by atomic mass is 10.0. The van der Waals surface area contributed by atoms with Crippen molar-refractivity contribution in [2.75, 3.05) is 0 Å². The highest BCUT2D eigenvalue weighted by atomic mass is 19.1. The van der Waals surface area contributed by atoms with Gasteiger partial charge in [0.15, 0.2) is 0 Å². The molecule has 2 nitrogen and oxygen atoms in total. The van der Waals surface area contributed by atoms with Crippen LogP contribution in [0.15, 0.2) is 30.5 Å². The summed E-state index contributed by atoms with van der Waals surface area (Å²) in [4.78, 5) is 3.98. The first-order chi connectivity index (χ1) is 8.50. The summed E-state index contributed by atoms with van der Waals surface area (Å²) < 4.78 is 27.5. The van der Waals surface area contributed by atoms with Crippen molar-refractivity contribution in [2.24, 2.45) is 0 Å². The zero-order chi connectivity index (χ0) is 13.3. The van der Waals surface area contributed by atoms with Gasteiger partial charge in [0.2, 0.25) is 0 Å². The molecule has 0 spiro atoms. The van der Waals surface area contributed by atoms with Gasteiger partial charge in [0, 0.05) is 6.20 Å². The molecule has 0 aliphatic carbocycles. The van der Waals surface area contributed by atoms with Gasteiger partial charge in [-0.1, -0.05) is 12.1 Å². The van der Waals surface area contributed by atoms with Crippen LogP contribution in [0.25, 0.3) is 0 Å². The number of hydrogen-bond acceptors (Lipinski definition) is 2. The standard InChI is InChI=1S/C14H13F2NO/c1-8-3-6-11(17-7-8)14(18)12-10(15)5-4-9(2)13(12)16/h3-7,14,18H,1-2H3. The summed E-state index contributed by atoms with van der Waals surface area (Å²) >= 11 is 0. The minimum Gasteiger partial charge on any atom is -0.382 e. The molecule has 0 saturated heterocycles. The average Bonchev–Trinajstić information content (AvgIpc) is 2.35. The molecule has 18 heavy (non-hydrogen) atoms. The summed E-state index contributed by atoms with van der Waals surface area (Å²) in [5.41, 5.74) is 1.07. The fourth-order valence-corrected chi connectivity index (χ4v) is 1.72. The first-order valence-corrected chi connectivity index (χ1v) is 5.56. The number of aliphatic hydroxyl groups is 1. The molecule has 1 N–H and O–H groups in total. The fraction of sp³-hybridized carbons (Fsp3) is 0.214. The maximum atomic E-state index is 13.9. The number of benzene rings is 1. The molecule has 1 unspecified atom stereocenters. The van der Waals surface area contributed by atoms with Crippen LogP contribution in [0.3, 0.4) is 0 Å². The van der Waals surface area contributed by atoms with E-state index < -0.39 is 17.7 Å². The van der Waals surface area contributed by atoms with E-state index in [2.05, 4.69) is 4.98 Å². The first kappa shape index (κ1) is 12.6.